The number of imide groups is 1. The van der Waals surface area contributed by atoms with Gasteiger partial charge in [0.05, 0.1) is 13.7 Å². The van der Waals surface area contributed by atoms with Crippen LogP contribution in [-0.4, -0.2) is 61.6 Å². The van der Waals surface area contributed by atoms with Crippen LogP contribution in [0.4, 0.5) is 4.79 Å². The Morgan fingerprint density at radius 1 is 1.25 bits per heavy atom. The fraction of sp³-hybridized carbons (Fsp3) is 0.556. The van der Waals surface area contributed by atoms with Gasteiger partial charge in [0.1, 0.15) is 5.75 Å². The highest BCUT2D eigenvalue weighted by atomic mass is 16.5. The second-order valence-electron chi connectivity index (χ2n) is 6.51. The van der Waals surface area contributed by atoms with Gasteiger partial charge in [-0.05, 0) is 49.9 Å². The van der Waals surface area contributed by atoms with E-state index in [1.165, 1.54) is 10.5 Å². The van der Waals surface area contributed by atoms with Crippen molar-refractivity contribution in [3.8, 4) is 5.75 Å². The predicted octanol–water partition coefficient (Wildman–Crippen LogP) is 1.50. The lowest BCUT2D eigenvalue weighted by Crippen LogP contribution is -2.44. The molecule has 0 unspecified atom stereocenters. The number of para-hydroxylation sites is 1. The third-order valence-electron chi connectivity index (χ3n) is 4.92. The van der Waals surface area contributed by atoms with E-state index >= 15 is 0 Å². The van der Waals surface area contributed by atoms with Crippen molar-refractivity contribution in [2.45, 2.75) is 19.3 Å². The molecule has 1 N–H and O–H groups in total. The number of amides is 3. The van der Waals surface area contributed by atoms with E-state index in [4.69, 9.17) is 4.74 Å². The van der Waals surface area contributed by atoms with Crippen molar-refractivity contribution in [2.24, 2.45) is 5.92 Å². The average molecular weight is 331 g/mol. The van der Waals surface area contributed by atoms with Gasteiger partial charge in [0.15, 0.2) is 0 Å². The maximum Gasteiger partial charge on any atom is 0.324 e. The van der Waals surface area contributed by atoms with Gasteiger partial charge in [0.2, 0.25) is 5.91 Å². The van der Waals surface area contributed by atoms with Gasteiger partial charge in [-0.15, -0.1) is 0 Å². The Labute approximate surface area is 142 Å². The first-order chi connectivity index (χ1) is 11.7. The van der Waals surface area contributed by atoms with Crippen LogP contribution in [0.3, 0.4) is 0 Å². The van der Waals surface area contributed by atoms with E-state index in [-0.39, 0.29) is 11.9 Å². The molecule has 3 rings (SSSR count). The van der Waals surface area contributed by atoms with E-state index in [0.717, 1.165) is 38.1 Å². The zero-order chi connectivity index (χ0) is 16.9. The molecule has 0 aliphatic carbocycles. The van der Waals surface area contributed by atoms with Crippen LogP contribution in [0, 0.1) is 5.92 Å². The summed E-state index contributed by atoms with van der Waals surface area (Å²) in [7, 11) is 1.71. The maximum atomic E-state index is 12.2. The highest BCUT2D eigenvalue weighted by Gasteiger charge is 2.29. The number of ether oxygens (including phenoxy) is 1. The standard InChI is InChI=1S/C18H25N3O3/c1-24-16-5-3-2-4-15(16)12-14-6-9-20(10-7-14)13-17(22)21-11-8-19-18(21)23/h2-5,14H,6-13H2,1H3,(H,19,23). The minimum absolute atomic E-state index is 0.0896. The number of carbonyl (C=O) groups excluding carboxylic acids is 2. The molecule has 6 nitrogen and oxygen atoms in total. The molecule has 1 aromatic carbocycles. The molecule has 0 radical (unpaired) electrons. The van der Waals surface area contributed by atoms with Crippen LogP contribution in [-0.2, 0) is 11.2 Å². The van der Waals surface area contributed by atoms with Crippen LogP contribution >= 0.6 is 0 Å². The summed E-state index contributed by atoms with van der Waals surface area (Å²) in [4.78, 5) is 27.2. The Morgan fingerprint density at radius 3 is 2.67 bits per heavy atom. The van der Waals surface area contributed by atoms with Crippen molar-refractivity contribution in [3.63, 3.8) is 0 Å². The number of hydrogen-bond acceptors (Lipinski definition) is 4. The Balaban J connectivity index is 1.47. The number of benzene rings is 1. The largest absolute Gasteiger partial charge is 0.496 e. The summed E-state index contributed by atoms with van der Waals surface area (Å²) in [6.07, 6.45) is 3.15. The number of nitrogens with one attached hydrogen (secondary N) is 1. The lowest BCUT2D eigenvalue weighted by Gasteiger charge is -2.32. The monoisotopic (exact) mass is 331 g/mol. The fourth-order valence-electron chi connectivity index (χ4n) is 3.52. The number of urea groups is 1. The normalized spacial score (nSPS) is 19.4. The zero-order valence-electron chi connectivity index (χ0n) is 14.2. The number of rotatable bonds is 5. The molecule has 130 valence electrons. The van der Waals surface area contributed by atoms with Gasteiger partial charge >= 0.3 is 6.03 Å². The van der Waals surface area contributed by atoms with Gasteiger partial charge in [-0.2, -0.15) is 0 Å². The van der Waals surface area contributed by atoms with E-state index < -0.39 is 0 Å². The van der Waals surface area contributed by atoms with Crippen LogP contribution < -0.4 is 10.1 Å². The van der Waals surface area contributed by atoms with Gasteiger partial charge in [-0.1, -0.05) is 18.2 Å². The van der Waals surface area contributed by atoms with Gasteiger partial charge in [-0.3, -0.25) is 14.6 Å². The molecule has 0 aromatic heterocycles. The number of carbonyl (C=O) groups is 2. The molecule has 2 aliphatic heterocycles. The second kappa shape index (κ2) is 7.66. The molecule has 3 amide bonds. The Bertz CT molecular complexity index is 597. The van der Waals surface area contributed by atoms with Crippen molar-refractivity contribution in [1.82, 2.24) is 15.1 Å². The zero-order valence-corrected chi connectivity index (χ0v) is 14.2. The van der Waals surface area contributed by atoms with Gasteiger partial charge in [-0.25, -0.2) is 4.79 Å². The van der Waals surface area contributed by atoms with Crippen LogP contribution in [0.5, 0.6) is 5.75 Å². The first kappa shape index (κ1) is 16.8. The SMILES string of the molecule is COc1ccccc1CC1CCN(CC(=O)N2CCNC2=O)CC1. The summed E-state index contributed by atoms with van der Waals surface area (Å²) in [6, 6.07) is 7.91. The molecule has 6 heteroatoms. The number of likely N-dealkylation sites (tertiary alicyclic amines) is 1. The second-order valence-corrected chi connectivity index (χ2v) is 6.51. The molecule has 1 aromatic rings. The van der Waals surface area contributed by atoms with Crippen LogP contribution in [0.15, 0.2) is 24.3 Å². The Kier molecular flexibility index (Phi) is 5.35. The van der Waals surface area contributed by atoms with Gasteiger partial charge in [0, 0.05) is 13.1 Å². The summed E-state index contributed by atoms with van der Waals surface area (Å²) in [5.41, 5.74) is 1.25. The van der Waals surface area contributed by atoms with E-state index in [9.17, 15) is 9.59 Å². The number of nitrogens with zero attached hydrogens (tertiary/aromatic N) is 2. The first-order valence-corrected chi connectivity index (χ1v) is 8.60. The molecule has 2 fully saturated rings. The molecule has 0 atom stereocenters. The van der Waals surface area contributed by atoms with E-state index in [0.29, 0.717) is 25.6 Å². The highest BCUT2D eigenvalue weighted by Crippen LogP contribution is 2.26. The van der Waals surface area contributed by atoms with E-state index in [1.54, 1.807) is 7.11 Å². The summed E-state index contributed by atoms with van der Waals surface area (Å²) < 4.78 is 5.43. The lowest BCUT2D eigenvalue weighted by atomic mass is 9.90. The van der Waals surface area contributed by atoms with Gasteiger partial charge in [0.25, 0.3) is 0 Å². The number of hydrogen-bond donors (Lipinski definition) is 1. The average Bonchev–Trinajstić information content (AvgIpc) is 3.03. The predicted molar refractivity (Wildman–Crippen MR) is 91.0 cm³/mol. The van der Waals surface area contributed by atoms with Gasteiger partial charge < -0.3 is 10.1 Å². The molecular weight excluding hydrogens is 306 g/mol. The molecular formula is C18H25N3O3. The maximum absolute atomic E-state index is 12.2. The van der Waals surface area contributed by atoms with Crippen LogP contribution in [0.2, 0.25) is 0 Å². The first-order valence-electron chi connectivity index (χ1n) is 8.60. The van der Waals surface area contributed by atoms with Crippen molar-refractivity contribution in [3.05, 3.63) is 29.8 Å². The molecule has 2 heterocycles. The molecule has 2 aliphatic rings. The van der Waals surface area contributed by atoms with E-state index in [2.05, 4.69) is 16.3 Å². The van der Waals surface area contributed by atoms with Crippen molar-refractivity contribution < 1.29 is 14.3 Å². The van der Waals surface area contributed by atoms with Crippen LogP contribution in [0.1, 0.15) is 18.4 Å². The third-order valence-corrected chi connectivity index (χ3v) is 4.92. The summed E-state index contributed by atoms with van der Waals surface area (Å²) >= 11 is 0. The summed E-state index contributed by atoms with van der Waals surface area (Å²) in [6.45, 7) is 3.20. The Morgan fingerprint density at radius 2 is 2.00 bits per heavy atom. The smallest absolute Gasteiger partial charge is 0.324 e. The molecule has 2 saturated heterocycles. The van der Waals surface area contributed by atoms with Crippen molar-refractivity contribution >= 4 is 11.9 Å². The minimum atomic E-state index is -0.258. The third kappa shape index (κ3) is 3.87. The lowest BCUT2D eigenvalue weighted by molar-refractivity contribution is -0.129. The summed E-state index contributed by atoms with van der Waals surface area (Å²) in [5, 5.41) is 2.67. The quantitative estimate of drug-likeness (QED) is 0.888. The topological polar surface area (TPSA) is 61.9 Å². The number of piperidine rings is 1. The molecule has 0 saturated carbocycles. The van der Waals surface area contributed by atoms with Crippen molar-refractivity contribution in [2.75, 3.05) is 39.8 Å². The van der Waals surface area contributed by atoms with Crippen molar-refractivity contribution in [1.29, 1.82) is 0 Å². The Hall–Kier alpha value is -2.08. The minimum Gasteiger partial charge on any atom is -0.496 e. The van der Waals surface area contributed by atoms with E-state index in [1.807, 2.05) is 18.2 Å². The molecule has 0 bridgehead atoms. The number of methoxy groups -OCH3 is 1. The fourth-order valence-corrected chi connectivity index (χ4v) is 3.52. The highest BCUT2D eigenvalue weighted by molar-refractivity contribution is 5.96. The summed E-state index contributed by atoms with van der Waals surface area (Å²) in [5.74, 6) is 1.48. The van der Waals surface area contributed by atoms with Crippen LogP contribution in [0.25, 0.3) is 0 Å². The molecule has 0 spiro atoms. The molecule has 24 heavy (non-hydrogen) atoms.